The van der Waals surface area contributed by atoms with Crippen LogP contribution in [0.25, 0.3) is 0 Å². The molecule has 1 atom stereocenters. The first-order valence-corrected chi connectivity index (χ1v) is 6.75. The van der Waals surface area contributed by atoms with E-state index in [1.807, 2.05) is 31.2 Å². The Morgan fingerprint density at radius 2 is 2.06 bits per heavy atom. The molecule has 2 aliphatic rings. The number of allylic oxidation sites excluding steroid dienone is 3. The largest absolute Gasteiger partial charge is 0.336 e. The van der Waals surface area contributed by atoms with Crippen molar-refractivity contribution in [3.05, 3.63) is 36.5 Å². The van der Waals surface area contributed by atoms with Crippen LogP contribution in [0.2, 0.25) is 0 Å². The first-order valence-electron chi connectivity index (χ1n) is 6.75. The van der Waals surface area contributed by atoms with E-state index in [0.717, 1.165) is 18.4 Å². The lowest BCUT2D eigenvalue weighted by Crippen LogP contribution is -2.51. The molecule has 3 nitrogen and oxygen atoms in total. The number of carbonyl (C=O) groups excluding carboxylic acids is 1. The molecule has 0 aromatic heterocycles. The van der Waals surface area contributed by atoms with Gasteiger partial charge in [-0.1, -0.05) is 37.3 Å². The smallest absolute Gasteiger partial charge is 0.243 e. The van der Waals surface area contributed by atoms with Gasteiger partial charge in [-0.25, -0.2) is 0 Å². The third-order valence-electron chi connectivity index (χ3n) is 3.74. The monoisotopic (exact) mass is 246 g/mol. The zero-order valence-electron chi connectivity index (χ0n) is 11.0. The standard InChI is InChI=1S/C15H22N2O/c1-3-4-6-9-12(2)13-14(18)17-15(16-13)10-7-5-8-11-15/h3-4,6,9,13,16H,2,5,7-8,10-11H2,1H3,(H,17,18)/b4-3-,9-6-. The maximum atomic E-state index is 12.0. The average molecular weight is 246 g/mol. The molecule has 2 N–H and O–H groups in total. The molecule has 0 aromatic rings. The molecular weight excluding hydrogens is 224 g/mol. The molecule has 0 aromatic carbocycles. The van der Waals surface area contributed by atoms with Gasteiger partial charge in [0.05, 0.1) is 5.66 Å². The summed E-state index contributed by atoms with van der Waals surface area (Å²) in [6.07, 6.45) is 13.4. The summed E-state index contributed by atoms with van der Waals surface area (Å²) in [5.41, 5.74) is 0.658. The second-order valence-corrected chi connectivity index (χ2v) is 5.17. The third-order valence-corrected chi connectivity index (χ3v) is 3.74. The fraction of sp³-hybridized carbons (Fsp3) is 0.533. The van der Waals surface area contributed by atoms with Crippen LogP contribution in [0.4, 0.5) is 0 Å². The van der Waals surface area contributed by atoms with Crippen LogP contribution in [0.1, 0.15) is 39.0 Å². The Hall–Kier alpha value is -1.35. The molecule has 1 aliphatic carbocycles. The highest BCUT2D eigenvalue weighted by Gasteiger charge is 2.44. The summed E-state index contributed by atoms with van der Waals surface area (Å²) in [5, 5.41) is 6.58. The summed E-state index contributed by atoms with van der Waals surface area (Å²) in [5.74, 6) is 0.0621. The molecule has 1 heterocycles. The predicted octanol–water partition coefficient (Wildman–Crippen LogP) is 2.42. The van der Waals surface area contributed by atoms with Gasteiger partial charge >= 0.3 is 0 Å². The zero-order chi connectivity index (χ0) is 13.0. The fourth-order valence-electron chi connectivity index (χ4n) is 2.76. The van der Waals surface area contributed by atoms with Crippen LogP contribution in [0.15, 0.2) is 36.5 Å². The van der Waals surface area contributed by atoms with E-state index in [1.54, 1.807) is 0 Å². The van der Waals surface area contributed by atoms with E-state index in [1.165, 1.54) is 19.3 Å². The van der Waals surface area contributed by atoms with Gasteiger partial charge in [-0.05, 0) is 38.2 Å². The predicted molar refractivity (Wildman–Crippen MR) is 74.0 cm³/mol. The molecule has 1 saturated carbocycles. The lowest BCUT2D eigenvalue weighted by Gasteiger charge is -2.33. The van der Waals surface area contributed by atoms with E-state index >= 15 is 0 Å². The summed E-state index contributed by atoms with van der Waals surface area (Å²) >= 11 is 0. The highest BCUT2D eigenvalue weighted by Crippen LogP contribution is 2.30. The maximum Gasteiger partial charge on any atom is 0.243 e. The van der Waals surface area contributed by atoms with E-state index in [4.69, 9.17) is 0 Å². The minimum atomic E-state index is -0.274. The van der Waals surface area contributed by atoms with Gasteiger partial charge in [0.2, 0.25) is 5.91 Å². The van der Waals surface area contributed by atoms with E-state index in [9.17, 15) is 4.79 Å². The summed E-state index contributed by atoms with van der Waals surface area (Å²) in [4.78, 5) is 12.0. The van der Waals surface area contributed by atoms with Crippen molar-refractivity contribution in [2.24, 2.45) is 0 Å². The van der Waals surface area contributed by atoms with Gasteiger partial charge in [0, 0.05) is 0 Å². The fourth-order valence-corrected chi connectivity index (χ4v) is 2.76. The number of hydrogen-bond acceptors (Lipinski definition) is 2. The Kier molecular flexibility index (Phi) is 4.02. The minimum absolute atomic E-state index is 0.0621. The van der Waals surface area contributed by atoms with Crippen LogP contribution in [0.5, 0.6) is 0 Å². The van der Waals surface area contributed by atoms with E-state index in [0.29, 0.717) is 0 Å². The molecule has 18 heavy (non-hydrogen) atoms. The SMILES string of the molecule is C=C(/C=C\C=C/C)C1NC2(CCCCC2)NC1=O. The first-order chi connectivity index (χ1) is 8.67. The molecular formula is C15H22N2O. The lowest BCUT2D eigenvalue weighted by molar-refractivity contribution is -0.120. The van der Waals surface area contributed by atoms with Crippen molar-refractivity contribution in [2.75, 3.05) is 0 Å². The second-order valence-electron chi connectivity index (χ2n) is 5.17. The molecule has 1 amide bonds. The summed E-state index contributed by atoms with van der Waals surface area (Å²) < 4.78 is 0. The van der Waals surface area contributed by atoms with Crippen LogP contribution >= 0.6 is 0 Å². The highest BCUT2D eigenvalue weighted by molar-refractivity contribution is 5.88. The Morgan fingerprint density at radius 1 is 1.33 bits per heavy atom. The third kappa shape index (κ3) is 2.72. The van der Waals surface area contributed by atoms with Gasteiger partial charge in [-0.2, -0.15) is 0 Å². The maximum absolute atomic E-state index is 12.0. The molecule has 98 valence electrons. The number of carbonyl (C=O) groups is 1. The lowest BCUT2D eigenvalue weighted by atomic mass is 9.89. The first kappa shape index (κ1) is 13.1. The van der Waals surface area contributed by atoms with Gasteiger partial charge in [0.1, 0.15) is 6.04 Å². The molecule has 1 saturated heterocycles. The highest BCUT2D eigenvalue weighted by atomic mass is 16.2. The number of nitrogens with one attached hydrogen (secondary N) is 2. The van der Waals surface area contributed by atoms with Gasteiger partial charge in [-0.3, -0.25) is 10.1 Å². The van der Waals surface area contributed by atoms with Crippen molar-refractivity contribution in [1.82, 2.24) is 10.6 Å². The van der Waals surface area contributed by atoms with Gasteiger partial charge in [-0.15, -0.1) is 0 Å². The van der Waals surface area contributed by atoms with Crippen molar-refractivity contribution in [2.45, 2.75) is 50.7 Å². The number of amides is 1. The van der Waals surface area contributed by atoms with Crippen molar-refractivity contribution in [1.29, 1.82) is 0 Å². The molecule has 3 heteroatoms. The van der Waals surface area contributed by atoms with Crippen LogP contribution in [-0.2, 0) is 4.79 Å². The van der Waals surface area contributed by atoms with Gasteiger partial charge in [0.25, 0.3) is 0 Å². The van der Waals surface area contributed by atoms with E-state index < -0.39 is 0 Å². The molecule has 1 spiro atoms. The molecule has 0 radical (unpaired) electrons. The zero-order valence-corrected chi connectivity index (χ0v) is 11.0. The van der Waals surface area contributed by atoms with Crippen molar-refractivity contribution in [3.63, 3.8) is 0 Å². The van der Waals surface area contributed by atoms with Gasteiger partial charge < -0.3 is 5.32 Å². The van der Waals surface area contributed by atoms with Crippen molar-refractivity contribution >= 4 is 5.91 Å². The molecule has 2 fully saturated rings. The van der Waals surface area contributed by atoms with Crippen molar-refractivity contribution < 1.29 is 4.79 Å². The molecule has 1 aliphatic heterocycles. The quantitative estimate of drug-likeness (QED) is 0.751. The Labute approximate surface area is 109 Å². The average Bonchev–Trinajstić information content (AvgIpc) is 2.67. The Balaban J connectivity index is 2.02. The van der Waals surface area contributed by atoms with Crippen molar-refractivity contribution in [3.8, 4) is 0 Å². The van der Waals surface area contributed by atoms with Crippen LogP contribution in [-0.4, -0.2) is 17.6 Å². The number of hydrogen-bond donors (Lipinski definition) is 2. The van der Waals surface area contributed by atoms with Crippen LogP contribution in [0, 0.1) is 0 Å². The van der Waals surface area contributed by atoms with Crippen LogP contribution in [0.3, 0.4) is 0 Å². The topological polar surface area (TPSA) is 41.1 Å². The Morgan fingerprint density at radius 3 is 2.72 bits per heavy atom. The minimum Gasteiger partial charge on any atom is -0.336 e. The van der Waals surface area contributed by atoms with Crippen LogP contribution < -0.4 is 10.6 Å². The summed E-state index contributed by atoms with van der Waals surface area (Å²) in [6, 6.07) is -0.274. The normalized spacial score (nSPS) is 27.2. The van der Waals surface area contributed by atoms with E-state index in [2.05, 4.69) is 17.2 Å². The summed E-state index contributed by atoms with van der Waals surface area (Å²) in [7, 11) is 0. The molecule has 2 rings (SSSR count). The molecule has 0 bridgehead atoms. The molecule has 1 unspecified atom stereocenters. The Bertz CT molecular complexity index is 389. The van der Waals surface area contributed by atoms with E-state index in [-0.39, 0.29) is 17.6 Å². The summed E-state index contributed by atoms with van der Waals surface area (Å²) in [6.45, 7) is 5.96. The number of rotatable bonds is 3. The van der Waals surface area contributed by atoms with Gasteiger partial charge in [0.15, 0.2) is 0 Å². The second kappa shape index (κ2) is 5.53.